The van der Waals surface area contributed by atoms with E-state index in [0.717, 1.165) is 10.2 Å². The average Bonchev–Trinajstić information content (AvgIpc) is 3.05. The second-order valence-electron chi connectivity index (χ2n) is 4.31. The van der Waals surface area contributed by atoms with Crippen LogP contribution in [-0.4, -0.2) is 16.8 Å². The Hall–Kier alpha value is -2.25. The minimum Gasteiger partial charge on any atom is -0.321 e. The topological polar surface area (TPSA) is 71.1 Å². The fourth-order valence-corrected chi connectivity index (χ4v) is 3.32. The van der Waals surface area contributed by atoms with Gasteiger partial charge in [-0.25, -0.2) is 4.98 Å². The Balaban J connectivity index is 1.83. The normalized spacial score (nSPS) is 10.5. The van der Waals surface area contributed by atoms with Crippen LogP contribution in [-0.2, 0) is 4.79 Å². The molecule has 2 amide bonds. The van der Waals surface area contributed by atoms with Gasteiger partial charge < -0.3 is 10.6 Å². The summed E-state index contributed by atoms with van der Waals surface area (Å²) in [6.07, 6.45) is 0. The molecule has 0 aliphatic heterocycles. The number of carbonyl (C=O) groups excluding carboxylic acids is 2. The van der Waals surface area contributed by atoms with Crippen LogP contribution in [0, 0.1) is 0 Å². The van der Waals surface area contributed by atoms with Crippen molar-refractivity contribution in [3.8, 4) is 0 Å². The first kappa shape index (κ1) is 13.7. The van der Waals surface area contributed by atoms with Gasteiger partial charge in [-0.05, 0) is 29.6 Å². The molecule has 0 aliphatic rings. The third kappa shape index (κ3) is 3.09. The van der Waals surface area contributed by atoms with Crippen molar-refractivity contribution in [3.05, 3.63) is 40.6 Å². The van der Waals surface area contributed by atoms with Gasteiger partial charge in [-0.2, -0.15) is 0 Å². The molecule has 0 aliphatic carbocycles. The lowest BCUT2D eigenvalue weighted by molar-refractivity contribution is -0.114. The van der Waals surface area contributed by atoms with Crippen molar-refractivity contribution in [1.29, 1.82) is 0 Å². The zero-order valence-corrected chi connectivity index (χ0v) is 12.7. The Labute approximate surface area is 128 Å². The molecule has 2 heterocycles. The predicted octanol–water partition coefficient (Wildman–Crippen LogP) is 3.57. The molecule has 0 unspecified atom stereocenters. The second kappa shape index (κ2) is 5.63. The van der Waals surface area contributed by atoms with E-state index in [2.05, 4.69) is 15.6 Å². The van der Waals surface area contributed by atoms with E-state index in [9.17, 15) is 9.59 Å². The van der Waals surface area contributed by atoms with Crippen molar-refractivity contribution in [2.45, 2.75) is 6.92 Å². The van der Waals surface area contributed by atoms with Crippen LogP contribution in [0.1, 0.15) is 16.6 Å². The van der Waals surface area contributed by atoms with E-state index < -0.39 is 0 Å². The molecule has 21 heavy (non-hydrogen) atoms. The Morgan fingerprint density at radius 1 is 1.19 bits per heavy atom. The van der Waals surface area contributed by atoms with Crippen molar-refractivity contribution in [1.82, 2.24) is 4.98 Å². The SMILES string of the molecule is CC(=O)Nc1nc2cc(NC(=O)c3cccs3)ccc2s1. The number of thiophene rings is 1. The maximum Gasteiger partial charge on any atom is 0.265 e. The molecule has 5 nitrogen and oxygen atoms in total. The minimum atomic E-state index is -0.153. The smallest absolute Gasteiger partial charge is 0.265 e. The maximum atomic E-state index is 12.0. The first-order valence-corrected chi connectivity index (χ1v) is 7.84. The summed E-state index contributed by atoms with van der Waals surface area (Å²) in [4.78, 5) is 28.0. The van der Waals surface area contributed by atoms with Gasteiger partial charge in [-0.3, -0.25) is 9.59 Å². The molecule has 2 aromatic heterocycles. The lowest BCUT2D eigenvalue weighted by Gasteiger charge is -2.02. The highest BCUT2D eigenvalue weighted by atomic mass is 32.1. The van der Waals surface area contributed by atoms with Crippen LogP contribution in [0.15, 0.2) is 35.7 Å². The van der Waals surface area contributed by atoms with Crippen molar-refractivity contribution in [3.63, 3.8) is 0 Å². The van der Waals surface area contributed by atoms with Gasteiger partial charge in [0.1, 0.15) is 0 Å². The van der Waals surface area contributed by atoms with E-state index in [0.29, 0.717) is 15.7 Å². The van der Waals surface area contributed by atoms with Crippen LogP contribution in [0.5, 0.6) is 0 Å². The zero-order valence-electron chi connectivity index (χ0n) is 11.0. The molecule has 7 heteroatoms. The Morgan fingerprint density at radius 2 is 2.05 bits per heavy atom. The van der Waals surface area contributed by atoms with Crippen LogP contribution in [0.3, 0.4) is 0 Å². The number of fused-ring (bicyclic) bond motifs is 1. The number of benzene rings is 1. The van der Waals surface area contributed by atoms with Gasteiger partial charge in [-0.15, -0.1) is 11.3 Å². The second-order valence-corrected chi connectivity index (χ2v) is 6.29. The summed E-state index contributed by atoms with van der Waals surface area (Å²) < 4.78 is 0.952. The first-order chi connectivity index (χ1) is 10.1. The molecular formula is C14H11N3O2S2. The van der Waals surface area contributed by atoms with E-state index >= 15 is 0 Å². The molecule has 3 aromatic rings. The molecule has 106 valence electrons. The van der Waals surface area contributed by atoms with Crippen molar-refractivity contribution in [2.75, 3.05) is 10.6 Å². The van der Waals surface area contributed by atoms with Gasteiger partial charge in [0.15, 0.2) is 5.13 Å². The molecule has 0 saturated carbocycles. The minimum absolute atomic E-state index is 0.137. The summed E-state index contributed by atoms with van der Waals surface area (Å²) in [5.41, 5.74) is 1.42. The highest BCUT2D eigenvalue weighted by Crippen LogP contribution is 2.28. The summed E-state index contributed by atoms with van der Waals surface area (Å²) in [5, 5.41) is 7.91. The highest BCUT2D eigenvalue weighted by Gasteiger charge is 2.09. The number of aromatic nitrogens is 1. The molecule has 2 N–H and O–H groups in total. The van der Waals surface area contributed by atoms with E-state index in [-0.39, 0.29) is 11.8 Å². The predicted molar refractivity (Wildman–Crippen MR) is 86.2 cm³/mol. The van der Waals surface area contributed by atoms with Crippen LogP contribution < -0.4 is 10.6 Å². The number of rotatable bonds is 3. The van der Waals surface area contributed by atoms with Gasteiger partial charge in [0.05, 0.1) is 15.1 Å². The van der Waals surface area contributed by atoms with Crippen LogP contribution in [0.25, 0.3) is 10.2 Å². The summed E-state index contributed by atoms with van der Waals surface area (Å²) in [7, 11) is 0. The van der Waals surface area contributed by atoms with E-state index in [1.54, 1.807) is 12.1 Å². The fourth-order valence-electron chi connectivity index (χ4n) is 1.81. The molecule has 0 atom stereocenters. The first-order valence-electron chi connectivity index (χ1n) is 6.15. The van der Waals surface area contributed by atoms with Gasteiger partial charge in [-0.1, -0.05) is 17.4 Å². The number of nitrogens with zero attached hydrogens (tertiary/aromatic N) is 1. The van der Waals surface area contributed by atoms with Crippen LogP contribution in [0.2, 0.25) is 0 Å². The summed E-state index contributed by atoms with van der Waals surface area (Å²) in [6.45, 7) is 1.44. The third-order valence-electron chi connectivity index (χ3n) is 2.67. The Bertz CT molecular complexity index is 809. The van der Waals surface area contributed by atoms with Crippen molar-refractivity contribution in [2.24, 2.45) is 0 Å². The van der Waals surface area contributed by atoms with Crippen molar-refractivity contribution >= 4 is 55.5 Å². The van der Waals surface area contributed by atoms with E-state index in [4.69, 9.17) is 0 Å². The standard InChI is InChI=1S/C14H11N3O2S2/c1-8(18)15-14-17-10-7-9(4-5-11(10)21-14)16-13(19)12-3-2-6-20-12/h2-7H,1H3,(H,16,19)(H,15,17,18). The number of amides is 2. The molecule has 0 saturated heterocycles. The van der Waals surface area contributed by atoms with E-state index in [1.165, 1.54) is 29.6 Å². The maximum absolute atomic E-state index is 12.0. The highest BCUT2D eigenvalue weighted by molar-refractivity contribution is 7.22. The molecule has 0 radical (unpaired) electrons. The number of hydrogen-bond acceptors (Lipinski definition) is 5. The van der Waals surface area contributed by atoms with Gasteiger partial charge in [0, 0.05) is 12.6 Å². The molecule has 0 fully saturated rings. The average molecular weight is 317 g/mol. The van der Waals surface area contributed by atoms with Gasteiger partial charge in [0.25, 0.3) is 5.91 Å². The largest absolute Gasteiger partial charge is 0.321 e. The van der Waals surface area contributed by atoms with Gasteiger partial charge >= 0.3 is 0 Å². The van der Waals surface area contributed by atoms with Crippen LogP contribution >= 0.6 is 22.7 Å². The lowest BCUT2D eigenvalue weighted by atomic mass is 10.3. The quantitative estimate of drug-likeness (QED) is 0.776. The Morgan fingerprint density at radius 3 is 2.76 bits per heavy atom. The third-order valence-corrected chi connectivity index (χ3v) is 4.49. The fraction of sp³-hybridized carbons (Fsp3) is 0.0714. The molecule has 0 spiro atoms. The van der Waals surface area contributed by atoms with E-state index in [1.807, 2.05) is 23.6 Å². The van der Waals surface area contributed by atoms with Gasteiger partial charge in [0.2, 0.25) is 5.91 Å². The number of thiazole rings is 1. The number of nitrogens with one attached hydrogen (secondary N) is 2. The molecule has 0 bridgehead atoms. The number of hydrogen-bond donors (Lipinski definition) is 2. The lowest BCUT2D eigenvalue weighted by Crippen LogP contribution is -2.09. The summed E-state index contributed by atoms with van der Waals surface area (Å²) in [5.74, 6) is -0.290. The Kier molecular flexibility index (Phi) is 3.68. The zero-order chi connectivity index (χ0) is 14.8. The summed E-state index contributed by atoms with van der Waals surface area (Å²) in [6, 6.07) is 9.10. The number of anilines is 2. The molecule has 3 rings (SSSR count). The number of carbonyl (C=O) groups is 2. The van der Waals surface area contributed by atoms with Crippen LogP contribution in [0.4, 0.5) is 10.8 Å². The molecular weight excluding hydrogens is 306 g/mol. The summed E-state index contributed by atoms with van der Waals surface area (Å²) >= 11 is 2.79. The van der Waals surface area contributed by atoms with Crippen molar-refractivity contribution < 1.29 is 9.59 Å². The monoisotopic (exact) mass is 317 g/mol. The molecule has 1 aromatic carbocycles.